The molecule has 0 saturated heterocycles. The van der Waals surface area contributed by atoms with E-state index < -0.39 is 0 Å². The van der Waals surface area contributed by atoms with Crippen LogP contribution < -0.4 is 10.6 Å². The number of aromatic amines is 1. The SMILES string of the molecule is Oc1cccc(Nc2nc(Nc3ccc4[nH]ncc4c3)c3sccc3n2)c1. The standard InChI is InChI=1S/C19H14N6OS/c26-14-3-1-2-12(9-14)22-19-23-16-6-7-27-17(16)18(24-19)21-13-4-5-15-11(8-13)10-20-25-15/h1-10,26H,(H,20,25)(H2,21,22,23,24). The third-order valence-electron chi connectivity index (χ3n) is 4.11. The van der Waals surface area contributed by atoms with Crippen LogP contribution in [-0.2, 0) is 0 Å². The molecule has 0 aliphatic rings. The number of rotatable bonds is 4. The Balaban J connectivity index is 1.53. The van der Waals surface area contributed by atoms with E-state index in [1.807, 2.05) is 35.7 Å². The molecule has 0 atom stereocenters. The molecule has 0 aliphatic carbocycles. The lowest BCUT2D eigenvalue weighted by Gasteiger charge is -2.10. The summed E-state index contributed by atoms with van der Waals surface area (Å²) in [6.45, 7) is 0. The summed E-state index contributed by atoms with van der Waals surface area (Å²) in [5, 5.41) is 26.2. The van der Waals surface area contributed by atoms with Crippen molar-refractivity contribution in [2.45, 2.75) is 0 Å². The van der Waals surface area contributed by atoms with E-state index in [1.165, 1.54) is 0 Å². The monoisotopic (exact) mass is 374 g/mol. The summed E-state index contributed by atoms with van der Waals surface area (Å²) in [6.07, 6.45) is 1.79. The fraction of sp³-hybridized carbons (Fsp3) is 0. The van der Waals surface area contributed by atoms with Gasteiger partial charge in [-0.1, -0.05) is 6.07 Å². The van der Waals surface area contributed by atoms with Gasteiger partial charge in [0.05, 0.1) is 21.9 Å². The predicted molar refractivity (Wildman–Crippen MR) is 108 cm³/mol. The smallest absolute Gasteiger partial charge is 0.229 e. The zero-order valence-electron chi connectivity index (χ0n) is 14.0. The van der Waals surface area contributed by atoms with Gasteiger partial charge in [0, 0.05) is 22.8 Å². The normalized spacial score (nSPS) is 11.1. The molecule has 4 N–H and O–H groups in total. The van der Waals surface area contributed by atoms with Gasteiger partial charge in [-0.3, -0.25) is 5.10 Å². The molecule has 0 unspecified atom stereocenters. The van der Waals surface area contributed by atoms with Crippen molar-refractivity contribution >= 4 is 55.6 Å². The van der Waals surface area contributed by atoms with Crippen molar-refractivity contribution in [2.75, 3.05) is 10.6 Å². The van der Waals surface area contributed by atoms with Crippen LogP contribution >= 0.6 is 11.3 Å². The molecule has 5 aromatic rings. The van der Waals surface area contributed by atoms with Crippen molar-refractivity contribution in [3.8, 4) is 5.75 Å². The van der Waals surface area contributed by atoms with Crippen LogP contribution in [0.5, 0.6) is 5.75 Å². The first-order valence-electron chi connectivity index (χ1n) is 8.26. The van der Waals surface area contributed by atoms with E-state index in [0.29, 0.717) is 5.95 Å². The summed E-state index contributed by atoms with van der Waals surface area (Å²) in [4.78, 5) is 9.19. The first kappa shape index (κ1) is 15.6. The summed E-state index contributed by atoms with van der Waals surface area (Å²) in [6, 6.07) is 14.8. The number of anilines is 4. The highest BCUT2D eigenvalue weighted by atomic mass is 32.1. The molecule has 0 radical (unpaired) electrons. The van der Waals surface area contributed by atoms with Crippen molar-refractivity contribution in [3.05, 3.63) is 60.1 Å². The number of thiophene rings is 1. The Morgan fingerprint density at radius 2 is 1.89 bits per heavy atom. The maximum atomic E-state index is 9.65. The second kappa shape index (κ2) is 6.26. The molecule has 27 heavy (non-hydrogen) atoms. The predicted octanol–water partition coefficient (Wildman–Crippen LogP) is 4.76. The lowest BCUT2D eigenvalue weighted by Crippen LogP contribution is -2.01. The number of aromatic nitrogens is 4. The highest BCUT2D eigenvalue weighted by Gasteiger charge is 2.10. The van der Waals surface area contributed by atoms with E-state index in [-0.39, 0.29) is 5.75 Å². The molecule has 7 nitrogen and oxygen atoms in total. The lowest BCUT2D eigenvalue weighted by atomic mass is 10.2. The summed E-state index contributed by atoms with van der Waals surface area (Å²) in [7, 11) is 0. The number of hydrogen-bond acceptors (Lipinski definition) is 7. The summed E-state index contributed by atoms with van der Waals surface area (Å²) < 4.78 is 0.976. The third-order valence-corrected chi connectivity index (χ3v) is 5.02. The Kier molecular flexibility index (Phi) is 3.61. The molecule has 3 heterocycles. The maximum absolute atomic E-state index is 9.65. The Labute approximate surface area is 157 Å². The van der Waals surface area contributed by atoms with Gasteiger partial charge in [-0.15, -0.1) is 11.3 Å². The molecule has 5 rings (SSSR count). The molecular formula is C19H14N6OS. The summed E-state index contributed by atoms with van der Waals surface area (Å²) in [5.74, 6) is 1.36. The van der Waals surface area contributed by atoms with Crippen LogP contribution in [-0.4, -0.2) is 25.3 Å². The van der Waals surface area contributed by atoms with Crippen molar-refractivity contribution in [2.24, 2.45) is 0 Å². The van der Waals surface area contributed by atoms with Gasteiger partial charge in [-0.25, -0.2) is 4.98 Å². The van der Waals surface area contributed by atoms with Crippen molar-refractivity contribution in [1.82, 2.24) is 20.2 Å². The highest BCUT2D eigenvalue weighted by Crippen LogP contribution is 2.31. The lowest BCUT2D eigenvalue weighted by molar-refractivity contribution is 0.475. The van der Waals surface area contributed by atoms with Gasteiger partial charge in [-0.2, -0.15) is 10.1 Å². The molecule has 0 saturated carbocycles. The van der Waals surface area contributed by atoms with Crippen LogP contribution in [0.2, 0.25) is 0 Å². The van der Waals surface area contributed by atoms with Gasteiger partial charge < -0.3 is 15.7 Å². The van der Waals surface area contributed by atoms with Gasteiger partial charge >= 0.3 is 0 Å². The van der Waals surface area contributed by atoms with Crippen LogP contribution in [0.1, 0.15) is 0 Å². The van der Waals surface area contributed by atoms with E-state index in [2.05, 4.69) is 30.8 Å². The van der Waals surface area contributed by atoms with E-state index >= 15 is 0 Å². The number of phenols is 1. The quantitative estimate of drug-likeness (QED) is 0.362. The number of hydrogen-bond donors (Lipinski definition) is 4. The Morgan fingerprint density at radius 1 is 0.963 bits per heavy atom. The van der Waals surface area contributed by atoms with E-state index in [9.17, 15) is 5.11 Å². The molecule has 0 bridgehead atoms. The largest absolute Gasteiger partial charge is 0.508 e. The minimum atomic E-state index is 0.184. The molecule has 2 aromatic carbocycles. The second-order valence-corrected chi connectivity index (χ2v) is 6.92. The van der Waals surface area contributed by atoms with E-state index in [4.69, 9.17) is 0 Å². The van der Waals surface area contributed by atoms with Crippen molar-refractivity contribution in [1.29, 1.82) is 0 Å². The summed E-state index contributed by atoms with van der Waals surface area (Å²) >= 11 is 1.58. The number of fused-ring (bicyclic) bond motifs is 2. The van der Waals surface area contributed by atoms with Crippen LogP contribution in [0.4, 0.5) is 23.1 Å². The van der Waals surface area contributed by atoms with E-state index in [1.54, 1.807) is 35.7 Å². The number of nitrogens with one attached hydrogen (secondary N) is 3. The molecule has 0 aliphatic heterocycles. The first-order valence-corrected chi connectivity index (χ1v) is 9.14. The molecule has 0 fully saturated rings. The van der Waals surface area contributed by atoms with E-state index in [0.717, 1.165) is 38.3 Å². The molecule has 0 spiro atoms. The molecular weight excluding hydrogens is 360 g/mol. The van der Waals surface area contributed by atoms with Crippen LogP contribution in [0.3, 0.4) is 0 Å². The fourth-order valence-corrected chi connectivity index (χ4v) is 3.65. The number of nitrogens with zero attached hydrogens (tertiary/aromatic N) is 3. The Hall–Kier alpha value is -3.65. The Bertz CT molecular complexity index is 1260. The van der Waals surface area contributed by atoms with Gasteiger partial charge in [0.1, 0.15) is 5.75 Å². The first-order chi connectivity index (χ1) is 13.2. The molecule has 0 amide bonds. The van der Waals surface area contributed by atoms with Gasteiger partial charge in [0.2, 0.25) is 5.95 Å². The van der Waals surface area contributed by atoms with Gasteiger partial charge in [0.25, 0.3) is 0 Å². The maximum Gasteiger partial charge on any atom is 0.229 e. The zero-order chi connectivity index (χ0) is 18.2. The topological polar surface area (TPSA) is 98.8 Å². The average Bonchev–Trinajstić information content (AvgIpc) is 3.30. The molecule has 3 aromatic heterocycles. The van der Waals surface area contributed by atoms with Crippen LogP contribution in [0.15, 0.2) is 60.1 Å². The summed E-state index contributed by atoms with van der Waals surface area (Å²) in [5.41, 5.74) is 3.47. The third kappa shape index (κ3) is 3.02. The van der Waals surface area contributed by atoms with Gasteiger partial charge in [-0.05, 0) is 41.8 Å². The minimum absolute atomic E-state index is 0.184. The number of aromatic hydroxyl groups is 1. The number of benzene rings is 2. The van der Waals surface area contributed by atoms with Crippen LogP contribution in [0.25, 0.3) is 21.1 Å². The van der Waals surface area contributed by atoms with Gasteiger partial charge in [0.15, 0.2) is 5.82 Å². The average molecular weight is 374 g/mol. The molecule has 132 valence electrons. The Morgan fingerprint density at radius 3 is 2.81 bits per heavy atom. The molecule has 8 heteroatoms. The zero-order valence-corrected chi connectivity index (χ0v) is 14.8. The highest BCUT2D eigenvalue weighted by molar-refractivity contribution is 7.17. The van der Waals surface area contributed by atoms with Crippen molar-refractivity contribution < 1.29 is 5.11 Å². The number of phenolic OH excluding ortho intramolecular Hbond substituents is 1. The van der Waals surface area contributed by atoms with Crippen LogP contribution in [0, 0.1) is 0 Å². The second-order valence-electron chi connectivity index (χ2n) is 6.00. The fourth-order valence-electron chi connectivity index (χ4n) is 2.87. The number of H-pyrrole nitrogens is 1. The van der Waals surface area contributed by atoms with Crippen molar-refractivity contribution in [3.63, 3.8) is 0 Å². The minimum Gasteiger partial charge on any atom is -0.508 e.